The molecular formula is C20H14F2N2O2. The van der Waals surface area contributed by atoms with Gasteiger partial charge in [-0.1, -0.05) is 36.4 Å². The minimum absolute atomic E-state index is 0.277. The lowest BCUT2D eigenvalue weighted by Crippen LogP contribution is -2.20. The second-order valence-electron chi connectivity index (χ2n) is 5.96. The third-order valence-electron chi connectivity index (χ3n) is 4.32. The first kappa shape index (κ1) is 16.2. The lowest BCUT2D eigenvalue weighted by Gasteiger charge is -2.19. The molecule has 1 amide bonds. The molecule has 0 spiro atoms. The normalized spacial score (nSPS) is 19.1. The van der Waals surface area contributed by atoms with Crippen molar-refractivity contribution in [2.24, 2.45) is 0 Å². The van der Waals surface area contributed by atoms with Crippen molar-refractivity contribution >= 4 is 6.09 Å². The topological polar surface area (TPSA) is 51.2 Å². The maximum Gasteiger partial charge on any atom is 0.408 e. The first-order valence-corrected chi connectivity index (χ1v) is 8.05. The molecule has 1 fully saturated rings. The Hall–Kier alpha value is -3.28. The molecule has 4 rings (SSSR count). The molecule has 4 nitrogen and oxygen atoms in total. The Morgan fingerprint density at radius 3 is 2.38 bits per heavy atom. The van der Waals surface area contributed by atoms with Crippen molar-refractivity contribution in [3.63, 3.8) is 0 Å². The fourth-order valence-corrected chi connectivity index (χ4v) is 3.10. The molecule has 2 aromatic carbocycles. The molecule has 0 bridgehead atoms. The number of benzene rings is 2. The number of amides is 1. The molecule has 0 saturated carbocycles. The van der Waals surface area contributed by atoms with Crippen LogP contribution in [0.3, 0.4) is 0 Å². The molecular weight excluding hydrogens is 338 g/mol. The predicted octanol–water partition coefficient (Wildman–Crippen LogP) is 4.55. The molecule has 1 aliphatic heterocycles. The van der Waals surface area contributed by atoms with Gasteiger partial charge in [-0.25, -0.2) is 13.6 Å². The minimum atomic E-state index is -1.11. The molecule has 1 aromatic heterocycles. The summed E-state index contributed by atoms with van der Waals surface area (Å²) in [6.07, 6.45) is 1.40. The molecule has 26 heavy (non-hydrogen) atoms. The molecule has 1 N–H and O–H groups in total. The molecule has 2 heterocycles. The van der Waals surface area contributed by atoms with Gasteiger partial charge in [-0.3, -0.25) is 4.98 Å². The molecule has 0 unspecified atom stereocenters. The standard InChI is InChI=1S/C20H14F2N2O2/c21-15-7-4-8-16(22)17(15)19-18(24-20(25)26-19)14-9-13(10-23-11-14)12-5-2-1-3-6-12/h1-11,18-19H,(H,24,25)/t18-,19-/m1/s1. The van der Waals surface area contributed by atoms with Crippen LogP contribution in [0.25, 0.3) is 11.1 Å². The van der Waals surface area contributed by atoms with Crippen LogP contribution in [0.5, 0.6) is 0 Å². The van der Waals surface area contributed by atoms with Crippen molar-refractivity contribution in [2.45, 2.75) is 12.1 Å². The van der Waals surface area contributed by atoms with Crippen molar-refractivity contribution in [2.75, 3.05) is 0 Å². The van der Waals surface area contributed by atoms with Gasteiger partial charge in [0.05, 0.1) is 5.56 Å². The van der Waals surface area contributed by atoms with Gasteiger partial charge in [-0.2, -0.15) is 0 Å². The van der Waals surface area contributed by atoms with E-state index in [0.717, 1.165) is 23.3 Å². The van der Waals surface area contributed by atoms with E-state index in [1.807, 2.05) is 36.4 Å². The van der Waals surface area contributed by atoms with Crippen LogP contribution in [0.1, 0.15) is 23.3 Å². The molecule has 6 heteroatoms. The summed E-state index contributed by atoms with van der Waals surface area (Å²) in [5, 5.41) is 2.62. The monoisotopic (exact) mass is 352 g/mol. The number of hydrogen-bond acceptors (Lipinski definition) is 3. The fourth-order valence-electron chi connectivity index (χ4n) is 3.10. The summed E-state index contributed by atoms with van der Waals surface area (Å²) in [4.78, 5) is 16.0. The zero-order valence-electron chi connectivity index (χ0n) is 13.5. The summed E-state index contributed by atoms with van der Waals surface area (Å²) in [5.41, 5.74) is 2.10. The number of alkyl carbamates (subject to hydrolysis) is 1. The third-order valence-corrected chi connectivity index (χ3v) is 4.32. The van der Waals surface area contributed by atoms with Crippen molar-refractivity contribution in [3.8, 4) is 11.1 Å². The number of pyridine rings is 1. The van der Waals surface area contributed by atoms with E-state index < -0.39 is 29.9 Å². The zero-order chi connectivity index (χ0) is 18.1. The van der Waals surface area contributed by atoms with Crippen LogP contribution in [0.4, 0.5) is 13.6 Å². The van der Waals surface area contributed by atoms with E-state index >= 15 is 0 Å². The second-order valence-corrected chi connectivity index (χ2v) is 5.96. The molecule has 2 atom stereocenters. The van der Waals surface area contributed by atoms with Crippen LogP contribution in [0, 0.1) is 11.6 Å². The molecule has 130 valence electrons. The highest BCUT2D eigenvalue weighted by atomic mass is 19.1. The van der Waals surface area contributed by atoms with Crippen LogP contribution >= 0.6 is 0 Å². The van der Waals surface area contributed by atoms with E-state index in [0.29, 0.717) is 5.56 Å². The van der Waals surface area contributed by atoms with E-state index in [2.05, 4.69) is 10.3 Å². The zero-order valence-corrected chi connectivity index (χ0v) is 13.5. The quantitative estimate of drug-likeness (QED) is 0.752. The Morgan fingerprint density at radius 1 is 0.923 bits per heavy atom. The maximum atomic E-state index is 14.2. The predicted molar refractivity (Wildman–Crippen MR) is 91.1 cm³/mol. The lowest BCUT2D eigenvalue weighted by molar-refractivity contribution is 0.127. The summed E-state index contributed by atoms with van der Waals surface area (Å²) in [7, 11) is 0. The number of rotatable bonds is 3. The largest absolute Gasteiger partial charge is 0.439 e. The molecule has 1 aliphatic rings. The van der Waals surface area contributed by atoms with Crippen molar-refractivity contribution in [1.29, 1.82) is 0 Å². The van der Waals surface area contributed by atoms with Crippen LogP contribution in [0.2, 0.25) is 0 Å². The number of halogens is 2. The highest BCUT2D eigenvalue weighted by Crippen LogP contribution is 2.39. The van der Waals surface area contributed by atoms with Crippen LogP contribution in [0.15, 0.2) is 67.0 Å². The minimum Gasteiger partial charge on any atom is -0.439 e. The Labute approximate surface area is 148 Å². The first-order chi connectivity index (χ1) is 12.6. The Bertz CT molecular complexity index is 943. The number of carbonyl (C=O) groups is 1. The summed E-state index contributed by atoms with van der Waals surface area (Å²) in [5.74, 6) is -1.52. The van der Waals surface area contributed by atoms with E-state index in [1.54, 1.807) is 12.4 Å². The van der Waals surface area contributed by atoms with Gasteiger partial charge in [0.2, 0.25) is 0 Å². The van der Waals surface area contributed by atoms with Gasteiger partial charge < -0.3 is 10.1 Å². The average Bonchev–Trinajstić information content (AvgIpc) is 3.04. The smallest absolute Gasteiger partial charge is 0.408 e. The van der Waals surface area contributed by atoms with Crippen molar-refractivity contribution in [3.05, 3.63) is 89.8 Å². The van der Waals surface area contributed by atoms with Crippen LogP contribution in [-0.2, 0) is 4.74 Å². The molecule has 1 saturated heterocycles. The van der Waals surface area contributed by atoms with Gasteiger partial charge in [-0.15, -0.1) is 0 Å². The number of nitrogens with zero attached hydrogens (tertiary/aromatic N) is 1. The lowest BCUT2D eigenvalue weighted by atomic mass is 9.95. The Kier molecular flexibility index (Phi) is 4.08. The highest BCUT2D eigenvalue weighted by molar-refractivity contribution is 5.72. The van der Waals surface area contributed by atoms with Gasteiger partial charge in [0.15, 0.2) is 6.10 Å². The van der Waals surface area contributed by atoms with Gasteiger partial charge in [0.1, 0.15) is 17.7 Å². The second kappa shape index (κ2) is 6.55. The summed E-state index contributed by atoms with van der Waals surface area (Å²) in [6.45, 7) is 0. The number of nitrogens with one attached hydrogen (secondary N) is 1. The molecule has 0 radical (unpaired) electrons. The Balaban J connectivity index is 1.76. The number of hydrogen-bond donors (Lipinski definition) is 1. The van der Waals surface area contributed by atoms with E-state index in [-0.39, 0.29) is 5.56 Å². The fraction of sp³-hybridized carbons (Fsp3) is 0.100. The number of ether oxygens (including phenoxy) is 1. The van der Waals surface area contributed by atoms with Gasteiger partial charge >= 0.3 is 6.09 Å². The first-order valence-electron chi connectivity index (χ1n) is 8.05. The molecule has 3 aromatic rings. The van der Waals surface area contributed by atoms with Gasteiger partial charge in [0, 0.05) is 18.0 Å². The van der Waals surface area contributed by atoms with Gasteiger partial charge in [0.25, 0.3) is 0 Å². The van der Waals surface area contributed by atoms with Gasteiger partial charge in [-0.05, 0) is 29.3 Å². The number of carbonyl (C=O) groups excluding carboxylic acids is 1. The molecule has 0 aliphatic carbocycles. The number of aromatic nitrogens is 1. The van der Waals surface area contributed by atoms with Crippen LogP contribution in [-0.4, -0.2) is 11.1 Å². The van der Waals surface area contributed by atoms with E-state index in [9.17, 15) is 13.6 Å². The third kappa shape index (κ3) is 2.90. The number of cyclic esters (lactones) is 1. The maximum absolute atomic E-state index is 14.2. The average molecular weight is 352 g/mol. The highest BCUT2D eigenvalue weighted by Gasteiger charge is 2.39. The van der Waals surface area contributed by atoms with E-state index in [4.69, 9.17) is 4.74 Å². The summed E-state index contributed by atoms with van der Waals surface area (Å²) in [6, 6.07) is 14.2. The Morgan fingerprint density at radius 2 is 1.65 bits per heavy atom. The van der Waals surface area contributed by atoms with Crippen LogP contribution < -0.4 is 5.32 Å². The summed E-state index contributed by atoms with van der Waals surface area (Å²) < 4.78 is 33.5. The summed E-state index contributed by atoms with van der Waals surface area (Å²) >= 11 is 0. The van der Waals surface area contributed by atoms with Crippen molar-refractivity contribution < 1.29 is 18.3 Å². The van der Waals surface area contributed by atoms with Crippen molar-refractivity contribution in [1.82, 2.24) is 10.3 Å². The SMILES string of the molecule is O=C1N[C@H](c2cncc(-c3ccccc3)c2)[C@@H](c2c(F)cccc2F)O1. The van der Waals surface area contributed by atoms with E-state index in [1.165, 1.54) is 6.07 Å².